The molecule has 0 spiro atoms. The number of fused-ring (bicyclic) bond motifs is 1. The monoisotopic (exact) mass is 212 g/mol. The van der Waals surface area contributed by atoms with Gasteiger partial charge in [0.25, 0.3) is 0 Å². The number of rotatable bonds is 3. The number of carbonyl (C=O) groups is 1. The topological polar surface area (TPSA) is 17.1 Å². The van der Waals surface area contributed by atoms with Gasteiger partial charge in [0, 0.05) is 12.0 Å². The Labute approximate surface area is 96.1 Å². The van der Waals surface area contributed by atoms with Gasteiger partial charge in [0.1, 0.15) is 0 Å². The van der Waals surface area contributed by atoms with Crippen LogP contribution in [0.2, 0.25) is 0 Å². The summed E-state index contributed by atoms with van der Waals surface area (Å²) in [5, 5.41) is 2.32. The number of hydrogen-bond donors (Lipinski definition) is 0. The van der Waals surface area contributed by atoms with Crippen LogP contribution in [-0.2, 0) is 0 Å². The van der Waals surface area contributed by atoms with Gasteiger partial charge in [-0.05, 0) is 22.8 Å². The maximum Gasteiger partial charge on any atom is 0.163 e. The van der Waals surface area contributed by atoms with E-state index in [4.69, 9.17) is 0 Å². The molecule has 0 amide bonds. The molecule has 0 atom stereocenters. The molecule has 0 radical (unpaired) electrons. The predicted molar refractivity (Wildman–Crippen MR) is 67.7 cm³/mol. The number of hydrogen-bond acceptors (Lipinski definition) is 1. The fourth-order valence-corrected chi connectivity index (χ4v) is 1.85. The Hall–Kier alpha value is -1.63. The third-order valence-corrected chi connectivity index (χ3v) is 2.67. The van der Waals surface area contributed by atoms with Crippen molar-refractivity contribution in [3.8, 4) is 0 Å². The molecule has 0 aromatic heterocycles. The minimum atomic E-state index is 0.237. The van der Waals surface area contributed by atoms with Crippen molar-refractivity contribution in [2.75, 3.05) is 0 Å². The molecule has 2 rings (SSSR count). The molecule has 82 valence electrons. The first kappa shape index (κ1) is 10.9. The van der Waals surface area contributed by atoms with Crippen LogP contribution in [0, 0.1) is 5.92 Å². The Balaban J connectivity index is 2.35. The van der Waals surface area contributed by atoms with Crippen LogP contribution in [0.1, 0.15) is 30.6 Å². The van der Waals surface area contributed by atoms with Gasteiger partial charge in [-0.2, -0.15) is 0 Å². The second-order valence-electron chi connectivity index (χ2n) is 4.58. The van der Waals surface area contributed by atoms with Gasteiger partial charge in [-0.1, -0.05) is 50.2 Å². The summed E-state index contributed by atoms with van der Waals surface area (Å²) in [6.07, 6.45) is 0.623. The zero-order valence-corrected chi connectivity index (χ0v) is 9.73. The van der Waals surface area contributed by atoms with Gasteiger partial charge in [-0.3, -0.25) is 4.79 Å². The van der Waals surface area contributed by atoms with Crippen LogP contribution in [0.25, 0.3) is 10.8 Å². The highest BCUT2D eigenvalue weighted by Gasteiger charge is 2.08. The van der Waals surface area contributed by atoms with Gasteiger partial charge in [-0.15, -0.1) is 0 Å². The van der Waals surface area contributed by atoms with E-state index in [-0.39, 0.29) is 5.78 Å². The number of ketones is 1. The van der Waals surface area contributed by atoms with Crippen molar-refractivity contribution in [2.24, 2.45) is 5.92 Å². The Morgan fingerprint density at radius 1 is 1.06 bits per heavy atom. The Morgan fingerprint density at radius 3 is 2.44 bits per heavy atom. The molecule has 0 heterocycles. The van der Waals surface area contributed by atoms with Crippen LogP contribution < -0.4 is 0 Å². The molecule has 0 saturated heterocycles. The van der Waals surface area contributed by atoms with Crippen molar-refractivity contribution < 1.29 is 4.79 Å². The molecule has 1 nitrogen and oxygen atoms in total. The van der Waals surface area contributed by atoms with Gasteiger partial charge < -0.3 is 0 Å². The molecule has 0 unspecified atom stereocenters. The van der Waals surface area contributed by atoms with Crippen LogP contribution in [-0.4, -0.2) is 5.78 Å². The van der Waals surface area contributed by atoms with E-state index >= 15 is 0 Å². The van der Waals surface area contributed by atoms with Gasteiger partial charge in [-0.25, -0.2) is 0 Å². The quantitative estimate of drug-likeness (QED) is 0.701. The lowest BCUT2D eigenvalue weighted by molar-refractivity contribution is 0.0968. The summed E-state index contributed by atoms with van der Waals surface area (Å²) in [7, 11) is 0. The molecular weight excluding hydrogens is 196 g/mol. The standard InChI is InChI=1S/C15H16O/c1-11(2)9-15(16)14-8-7-12-5-3-4-6-13(12)10-14/h3-8,10-11H,9H2,1-2H3. The molecule has 0 saturated carbocycles. The van der Waals surface area contributed by atoms with Crippen molar-refractivity contribution in [1.82, 2.24) is 0 Å². The van der Waals surface area contributed by atoms with Crippen molar-refractivity contribution >= 4 is 16.6 Å². The van der Waals surface area contributed by atoms with Crippen LogP contribution in [0.4, 0.5) is 0 Å². The van der Waals surface area contributed by atoms with Crippen molar-refractivity contribution in [3.05, 3.63) is 48.0 Å². The van der Waals surface area contributed by atoms with Gasteiger partial charge >= 0.3 is 0 Å². The molecule has 0 aliphatic carbocycles. The summed E-state index contributed by atoms with van der Waals surface area (Å²) >= 11 is 0. The Morgan fingerprint density at radius 2 is 1.75 bits per heavy atom. The third kappa shape index (κ3) is 2.30. The third-order valence-electron chi connectivity index (χ3n) is 2.67. The summed E-state index contributed by atoms with van der Waals surface area (Å²) in [6.45, 7) is 4.14. The fourth-order valence-electron chi connectivity index (χ4n) is 1.85. The van der Waals surface area contributed by atoms with Gasteiger partial charge in [0.05, 0.1) is 0 Å². The minimum absolute atomic E-state index is 0.237. The van der Waals surface area contributed by atoms with E-state index in [0.717, 1.165) is 10.9 Å². The highest BCUT2D eigenvalue weighted by Crippen LogP contribution is 2.17. The largest absolute Gasteiger partial charge is 0.294 e. The smallest absolute Gasteiger partial charge is 0.163 e. The first-order valence-electron chi connectivity index (χ1n) is 5.69. The van der Waals surface area contributed by atoms with E-state index in [9.17, 15) is 4.79 Å². The molecule has 0 N–H and O–H groups in total. The second kappa shape index (κ2) is 4.48. The van der Waals surface area contributed by atoms with Crippen LogP contribution >= 0.6 is 0 Å². The van der Waals surface area contributed by atoms with Gasteiger partial charge in [0.2, 0.25) is 0 Å². The van der Waals surface area contributed by atoms with E-state index in [1.54, 1.807) is 0 Å². The number of Topliss-reactive ketones (excluding diaryl/α,β-unsaturated/α-hetero) is 1. The predicted octanol–water partition coefficient (Wildman–Crippen LogP) is 4.07. The highest BCUT2D eigenvalue weighted by molar-refractivity contribution is 5.99. The fraction of sp³-hybridized carbons (Fsp3) is 0.267. The molecule has 0 aliphatic rings. The van der Waals surface area contributed by atoms with Crippen LogP contribution in [0.15, 0.2) is 42.5 Å². The van der Waals surface area contributed by atoms with Crippen molar-refractivity contribution in [1.29, 1.82) is 0 Å². The number of carbonyl (C=O) groups excluding carboxylic acids is 1. The summed E-state index contributed by atoms with van der Waals surface area (Å²) in [6, 6.07) is 14.0. The lowest BCUT2D eigenvalue weighted by Gasteiger charge is -2.05. The molecular formula is C15H16O. The summed E-state index contributed by atoms with van der Waals surface area (Å²) < 4.78 is 0. The van der Waals surface area contributed by atoms with Crippen LogP contribution in [0.3, 0.4) is 0 Å². The molecule has 0 bridgehead atoms. The van der Waals surface area contributed by atoms with Crippen LogP contribution in [0.5, 0.6) is 0 Å². The second-order valence-corrected chi connectivity index (χ2v) is 4.58. The summed E-state index contributed by atoms with van der Waals surface area (Å²) in [5.41, 5.74) is 0.826. The maximum atomic E-state index is 11.9. The lowest BCUT2D eigenvalue weighted by Crippen LogP contribution is -2.03. The van der Waals surface area contributed by atoms with Crippen molar-refractivity contribution in [3.63, 3.8) is 0 Å². The normalized spacial score (nSPS) is 10.9. The maximum absolute atomic E-state index is 11.9. The zero-order valence-electron chi connectivity index (χ0n) is 9.73. The summed E-state index contributed by atoms with van der Waals surface area (Å²) in [4.78, 5) is 11.9. The van der Waals surface area contributed by atoms with E-state index in [2.05, 4.69) is 19.9 Å². The molecule has 16 heavy (non-hydrogen) atoms. The van der Waals surface area contributed by atoms with Gasteiger partial charge in [0.15, 0.2) is 5.78 Å². The SMILES string of the molecule is CC(C)CC(=O)c1ccc2ccccc2c1. The first-order valence-corrected chi connectivity index (χ1v) is 5.69. The molecule has 0 fully saturated rings. The average Bonchev–Trinajstić information content (AvgIpc) is 2.27. The summed E-state index contributed by atoms with van der Waals surface area (Å²) in [5.74, 6) is 0.653. The van der Waals surface area contributed by atoms with Crippen molar-refractivity contribution in [2.45, 2.75) is 20.3 Å². The van der Waals surface area contributed by atoms with E-state index in [1.165, 1.54) is 5.39 Å². The van der Waals surface area contributed by atoms with E-state index in [0.29, 0.717) is 12.3 Å². The molecule has 1 heteroatoms. The highest BCUT2D eigenvalue weighted by atomic mass is 16.1. The minimum Gasteiger partial charge on any atom is -0.294 e. The molecule has 0 aliphatic heterocycles. The Kier molecular flexibility index (Phi) is 3.04. The van der Waals surface area contributed by atoms with E-state index < -0.39 is 0 Å². The van der Waals surface area contributed by atoms with E-state index in [1.807, 2.05) is 36.4 Å². The molecule has 2 aromatic carbocycles. The zero-order chi connectivity index (χ0) is 11.5. The average molecular weight is 212 g/mol. The lowest BCUT2D eigenvalue weighted by atomic mass is 9.99. The molecule has 2 aromatic rings. The Bertz CT molecular complexity index is 512. The first-order chi connectivity index (χ1) is 7.66. The number of benzene rings is 2.